The van der Waals surface area contributed by atoms with Crippen molar-refractivity contribution in [2.75, 3.05) is 49.9 Å². The topological polar surface area (TPSA) is 114 Å². The van der Waals surface area contributed by atoms with E-state index in [1.54, 1.807) is 35.2 Å². The Morgan fingerprint density at radius 3 is 2.71 bits per heavy atom. The third kappa shape index (κ3) is 4.39. The largest absolute Gasteiger partial charge is 0.430 e. The molecule has 28 heavy (non-hydrogen) atoms. The lowest BCUT2D eigenvalue weighted by molar-refractivity contribution is 0.00750. The standard InChI is InChI=1S/C18H21N2O7P/c1-25-28(24,27-12-26-18(23)13-6-3-2-4-7-13)11-10-20-9-5-8-19-14-15(20)17(22)16(14)21/h2-4,6-7,24H,5,8-12H2,1H3/p+1. The summed E-state index contributed by atoms with van der Waals surface area (Å²) < 4.78 is 15.4. The van der Waals surface area contributed by atoms with Crippen LogP contribution in [0.5, 0.6) is 0 Å². The average molecular weight is 409 g/mol. The maximum atomic E-state index is 11.9. The predicted molar refractivity (Wildman–Crippen MR) is 105 cm³/mol. The number of ether oxygens (including phenoxy) is 1. The summed E-state index contributed by atoms with van der Waals surface area (Å²) in [5.41, 5.74) is 0.0133. The molecular weight excluding hydrogens is 387 g/mol. The minimum absolute atomic E-state index is 0.0879. The Balaban J connectivity index is 1.54. The zero-order valence-electron chi connectivity index (χ0n) is 15.4. The first-order valence-corrected chi connectivity index (χ1v) is 10.6. The van der Waals surface area contributed by atoms with Gasteiger partial charge in [-0.15, -0.1) is 4.52 Å². The third-order valence-electron chi connectivity index (χ3n) is 4.50. The van der Waals surface area contributed by atoms with Crippen molar-refractivity contribution in [2.45, 2.75) is 6.42 Å². The number of anilines is 2. The van der Waals surface area contributed by atoms with E-state index in [9.17, 15) is 19.3 Å². The molecule has 0 amide bonds. The predicted octanol–water partition coefficient (Wildman–Crippen LogP) is 1.14. The third-order valence-corrected chi connectivity index (χ3v) is 6.34. The van der Waals surface area contributed by atoms with E-state index in [2.05, 4.69) is 5.32 Å². The van der Waals surface area contributed by atoms with Gasteiger partial charge >= 0.3 is 13.9 Å². The summed E-state index contributed by atoms with van der Waals surface area (Å²) in [6.45, 7) is 0.977. The summed E-state index contributed by atoms with van der Waals surface area (Å²) in [5.74, 6) is -0.574. The van der Waals surface area contributed by atoms with Gasteiger partial charge in [0, 0.05) is 13.1 Å². The van der Waals surface area contributed by atoms with Gasteiger partial charge in [-0.2, -0.15) is 9.42 Å². The Hall–Kier alpha value is -2.32. The van der Waals surface area contributed by atoms with Gasteiger partial charge in [0.05, 0.1) is 19.2 Å². The number of fused-ring (bicyclic) bond motifs is 1. The molecule has 1 unspecified atom stereocenters. The Morgan fingerprint density at radius 2 is 2.00 bits per heavy atom. The van der Waals surface area contributed by atoms with Gasteiger partial charge in [-0.1, -0.05) is 18.2 Å². The van der Waals surface area contributed by atoms with Crippen LogP contribution in [-0.4, -0.2) is 50.6 Å². The molecule has 2 N–H and O–H groups in total. The Labute approximate surface area is 162 Å². The molecule has 0 radical (unpaired) electrons. The minimum atomic E-state index is -3.29. The van der Waals surface area contributed by atoms with Crippen molar-refractivity contribution in [3.63, 3.8) is 0 Å². The van der Waals surface area contributed by atoms with E-state index >= 15 is 0 Å². The summed E-state index contributed by atoms with van der Waals surface area (Å²) in [6.07, 6.45) is 0.831. The summed E-state index contributed by atoms with van der Waals surface area (Å²) in [7, 11) is -1.99. The summed E-state index contributed by atoms with van der Waals surface area (Å²) in [6, 6.07) is 8.41. The van der Waals surface area contributed by atoms with Gasteiger partial charge in [0.25, 0.3) is 10.9 Å². The maximum Gasteiger partial charge on any atom is 0.413 e. The maximum absolute atomic E-state index is 11.9. The molecule has 9 nitrogen and oxygen atoms in total. The van der Waals surface area contributed by atoms with E-state index in [0.717, 1.165) is 6.42 Å². The highest BCUT2D eigenvalue weighted by atomic mass is 31.2. The molecule has 0 bridgehead atoms. The second-order valence-corrected chi connectivity index (χ2v) is 8.58. The second-order valence-electron chi connectivity index (χ2n) is 6.24. The second kappa shape index (κ2) is 8.79. The number of carbonyl (C=O) groups excluding carboxylic acids is 1. The van der Waals surface area contributed by atoms with Crippen LogP contribution in [0.2, 0.25) is 0 Å². The smallest absolute Gasteiger partial charge is 0.413 e. The lowest BCUT2D eigenvalue weighted by Gasteiger charge is -2.25. The zero-order chi connectivity index (χ0) is 20.1. The fourth-order valence-electron chi connectivity index (χ4n) is 2.94. The lowest BCUT2D eigenvalue weighted by atomic mass is 10.2. The van der Waals surface area contributed by atoms with Crippen LogP contribution in [0, 0.1) is 0 Å². The number of carbonyl (C=O) groups is 1. The van der Waals surface area contributed by atoms with Crippen LogP contribution in [0.25, 0.3) is 0 Å². The van der Waals surface area contributed by atoms with Crippen LogP contribution in [0.4, 0.5) is 11.4 Å². The highest BCUT2D eigenvalue weighted by Crippen LogP contribution is 2.56. The number of hydrogen-bond acceptors (Lipinski definition) is 9. The Bertz CT molecular complexity index is 897. The lowest BCUT2D eigenvalue weighted by Crippen LogP contribution is -2.42. The summed E-state index contributed by atoms with van der Waals surface area (Å²) in [5, 5.41) is 2.96. The van der Waals surface area contributed by atoms with Gasteiger partial charge in [0.2, 0.25) is 6.79 Å². The first-order chi connectivity index (χ1) is 13.4. The monoisotopic (exact) mass is 409 g/mol. The Morgan fingerprint density at radius 1 is 1.25 bits per heavy atom. The van der Waals surface area contributed by atoms with Crippen molar-refractivity contribution < 1.29 is 23.5 Å². The molecule has 1 atom stereocenters. The van der Waals surface area contributed by atoms with E-state index in [1.807, 2.05) is 0 Å². The van der Waals surface area contributed by atoms with Crippen LogP contribution >= 0.6 is 7.94 Å². The minimum Gasteiger partial charge on any atom is -0.430 e. The van der Waals surface area contributed by atoms with Crippen LogP contribution in [0.15, 0.2) is 39.9 Å². The fourth-order valence-corrected chi connectivity index (χ4v) is 4.07. The number of esters is 1. The van der Waals surface area contributed by atoms with Crippen molar-refractivity contribution in [1.82, 2.24) is 0 Å². The first-order valence-electron chi connectivity index (χ1n) is 8.80. The van der Waals surface area contributed by atoms with Gasteiger partial charge in [0.15, 0.2) is 6.16 Å². The SMILES string of the molecule is CO[P+](O)(CCN1CCCNc2c1c(=O)c2=O)OCOC(=O)c1ccccc1. The van der Waals surface area contributed by atoms with Gasteiger partial charge < -0.3 is 15.0 Å². The number of benzene rings is 1. The number of rotatable bonds is 8. The van der Waals surface area contributed by atoms with E-state index < -0.39 is 31.6 Å². The molecule has 150 valence electrons. The molecule has 0 aromatic heterocycles. The van der Waals surface area contributed by atoms with E-state index in [-0.39, 0.29) is 12.7 Å². The quantitative estimate of drug-likeness (QED) is 0.287. The van der Waals surface area contributed by atoms with Gasteiger partial charge in [-0.25, -0.2) is 4.79 Å². The molecule has 0 saturated carbocycles. The normalized spacial score (nSPS) is 16.0. The van der Waals surface area contributed by atoms with Crippen molar-refractivity contribution in [3.8, 4) is 0 Å². The molecule has 1 aliphatic heterocycles. The summed E-state index contributed by atoms with van der Waals surface area (Å²) in [4.78, 5) is 47.7. The molecule has 0 spiro atoms. The Kier molecular flexibility index (Phi) is 6.41. The molecule has 0 aliphatic carbocycles. The highest BCUT2D eigenvalue weighted by molar-refractivity contribution is 7.60. The van der Waals surface area contributed by atoms with Crippen LogP contribution in [0.1, 0.15) is 16.8 Å². The fraction of sp³-hybridized carbons (Fsp3) is 0.389. The number of nitrogens with zero attached hydrogens (tertiary/aromatic N) is 1. The van der Waals surface area contributed by atoms with Crippen LogP contribution in [-0.2, 0) is 13.8 Å². The van der Waals surface area contributed by atoms with Gasteiger partial charge in [-0.05, 0) is 18.6 Å². The van der Waals surface area contributed by atoms with Crippen LogP contribution in [0.3, 0.4) is 0 Å². The molecule has 2 aromatic carbocycles. The van der Waals surface area contributed by atoms with Crippen molar-refractivity contribution in [1.29, 1.82) is 0 Å². The number of hydrogen-bond donors (Lipinski definition) is 2. The molecule has 1 aliphatic rings. The molecule has 0 fully saturated rings. The van der Waals surface area contributed by atoms with Crippen molar-refractivity contribution in [3.05, 3.63) is 56.3 Å². The molecule has 10 heteroatoms. The van der Waals surface area contributed by atoms with Crippen molar-refractivity contribution >= 4 is 25.3 Å². The van der Waals surface area contributed by atoms with Crippen molar-refractivity contribution in [2.24, 2.45) is 0 Å². The van der Waals surface area contributed by atoms with E-state index in [1.165, 1.54) is 7.11 Å². The molecular formula is C18H22N2O7P+. The van der Waals surface area contributed by atoms with Gasteiger partial charge in [0.1, 0.15) is 11.4 Å². The molecule has 0 saturated heterocycles. The van der Waals surface area contributed by atoms with Crippen LogP contribution < -0.4 is 21.1 Å². The van der Waals surface area contributed by atoms with E-state index in [0.29, 0.717) is 30.0 Å². The van der Waals surface area contributed by atoms with Gasteiger partial charge in [-0.3, -0.25) is 9.59 Å². The molecule has 1 heterocycles. The van der Waals surface area contributed by atoms with E-state index in [4.69, 9.17) is 13.8 Å². The average Bonchev–Trinajstić information content (AvgIpc) is 2.92. The highest BCUT2D eigenvalue weighted by Gasteiger charge is 2.41. The zero-order valence-corrected chi connectivity index (χ0v) is 16.3. The molecule has 3 rings (SSSR count). The summed E-state index contributed by atoms with van der Waals surface area (Å²) >= 11 is 0. The number of nitrogens with one attached hydrogen (secondary N) is 1. The molecule has 2 aromatic rings. The first kappa shape index (κ1) is 20.4.